The number of aliphatic hydroxyl groups is 1. The van der Waals surface area contributed by atoms with Crippen molar-refractivity contribution in [3.05, 3.63) is 16.1 Å². The lowest BCUT2D eigenvalue weighted by molar-refractivity contribution is 0.294. The van der Waals surface area contributed by atoms with Crippen molar-refractivity contribution in [3.63, 3.8) is 0 Å². The van der Waals surface area contributed by atoms with Crippen LogP contribution in [0, 0.1) is 6.92 Å². The molecule has 0 aromatic carbocycles. The molecule has 15 heavy (non-hydrogen) atoms. The number of hydrogen-bond donors (Lipinski definition) is 2. The van der Waals surface area contributed by atoms with Crippen LogP contribution < -0.4 is 4.72 Å². The van der Waals surface area contributed by atoms with Gasteiger partial charge in [-0.05, 0) is 13.8 Å². The van der Waals surface area contributed by atoms with Gasteiger partial charge in [0.2, 0.25) is 10.0 Å². The number of hydrogen-bond acceptors (Lipinski definition) is 5. The van der Waals surface area contributed by atoms with Gasteiger partial charge in [-0.3, -0.25) is 0 Å². The summed E-state index contributed by atoms with van der Waals surface area (Å²) in [6.45, 7) is 3.11. The fourth-order valence-corrected chi connectivity index (χ4v) is 2.35. The van der Waals surface area contributed by atoms with Gasteiger partial charge in [0.15, 0.2) is 0 Å². The van der Waals surface area contributed by atoms with Crippen molar-refractivity contribution >= 4 is 21.4 Å². The minimum Gasteiger partial charge on any atom is -0.395 e. The van der Waals surface area contributed by atoms with Crippen molar-refractivity contribution in [1.29, 1.82) is 0 Å². The Kier molecular flexibility index (Phi) is 4.21. The number of aromatic nitrogens is 1. The van der Waals surface area contributed by atoms with Crippen LogP contribution in [0.3, 0.4) is 0 Å². The molecule has 0 aliphatic heterocycles. The molecule has 0 radical (unpaired) electrons. The fraction of sp³-hybridized carbons (Fsp3) is 0.625. The van der Waals surface area contributed by atoms with E-state index >= 15 is 0 Å². The maximum atomic E-state index is 11.4. The maximum Gasteiger partial charge on any atom is 0.216 e. The monoisotopic (exact) mass is 250 g/mol. The first-order valence-electron chi connectivity index (χ1n) is 4.46. The average Bonchev–Trinajstić information content (AvgIpc) is 2.60. The van der Waals surface area contributed by atoms with Crippen LogP contribution in [0.2, 0.25) is 0 Å². The van der Waals surface area contributed by atoms with Crippen LogP contribution in [0.4, 0.5) is 0 Å². The van der Waals surface area contributed by atoms with E-state index in [0.717, 1.165) is 5.01 Å². The summed E-state index contributed by atoms with van der Waals surface area (Å²) in [7, 11) is -3.43. The molecule has 2 N–H and O–H groups in total. The third kappa shape index (κ3) is 3.53. The first kappa shape index (κ1) is 12.6. The van der Waals surface area contributed by atoms with Gasteiger partial charge in [-0.15, -0.1) is 11.3 Å². The highest BCUT2D eigenvalue weighted by molar-refractivity contribution is 7.90. The Hall–Kier alpha value is -0.500. The number of sulfonamides is 1. The van der Waals surface area contributed by atoms with Crippen LogP contribution in [0.5, 0.6) is 0 Å². The molecular weight excluding hydrogens is 236 g/mol. The largest absolute Gasteiger partial charge is 0.395 e. The standard InChI is InChI=1S/C8H14N2O3S2/c1-6(4-11)15(12,13)9-3-8-5-14-7(2)10-8/h5-6,9,11H,3-4H2,1-2H3. The van der Waals surface area contributed by atoms with Crippen molar-refractivity contribution in [1.82, 2.24) is 9.71 Å². The van der Waals surface area contributed by atoms with Gasteiger partial charge in [0.1, 0.15) is 0 Å². The van der Waals surface area contributed by atoms with E-state index in [1.165, 1.54) is 18.3 Å². The fourth-order valence-electron chi connectivity index (χ4n) is 0.904. The van der Waals surface area contributed by atoms with Crippen LogP contribution in [0.1, 0.15) is 17.6 Å². The molecule has 0 bridgehead atoms. The average molecular weight is 250 g/mol. The third-order valence-corrected chi connectivity index (χ3v) is 4.49. The van der Waals surface area contributed by atoms with Gasteiger partial charge >= 0.3 is 0 Å². The molecule has 0 saturated heterocycles. The summed E-state index contributed by atoms with van der Waals surface area (Å²) in [5.41, 5.74) is 0.700. The van der Waals surface area contributed by atoms with E-state index in [-0.39, 0.29) is 13.2 Å². The molecule has 1 heterocycles. The molecule has 1 atom stereocenters. The van der Waals surface area contributed by atoms with Gasteiger partial charge in [0, 0.05) is 5.38 Å². The van der Waals surface area contributed by atoms with Gasteiger partial charge < -0.3 is 5.11 Å². The zero-order valence-electron chi connectivity index (χ0n) is 8.60. The van der Waals surface area contributed by atoms with Gasteiger partial charge in [-0.2, -0.15) is 0 Å². The van der Waals surface area contributed by atoms with Gasteiger partial charge in [0.05, 0.1) is 29.1 Å². The van der Waals surface area contributed by atoms with E-state index in [1.807, 2.05) is 12.3 Å². The summed E-state index contributed by atoms with van der Waals surface area (Å²) in [5.74, 6) is 0. The Balaban J connectivity index is 2.57. The molecule has 7 heteroatoms. The van der Waals surface area contributed by atoms with Crippen molar-refractivity contribution in [2.45, 2.75) is 25.6 Å². The predicted octanol–water partition coefficient (Wildman–Crippen LogP) is 0.252. The maximum absolute atomic E-state index is 11.4. The third-order valence-electron chi connectivity index (χ3n) is 1.91. The van der Waals surface area contributed by atoms with Crippen molar-refractivity contribution in [3.8, 4) is 0 Å². The number of thiazole rings is 1. The lowest BCUT2D eigenvalue weighted by Crippen LogP contribution is -2.34. The zero-order chi connectivity index (χ0) is 11.5. The summed E-state index contributed by atoms with van der Waals surface area (Å²) < 4.78 is 25.3. The molecule has 0 amide bonds. The molecule has 0 spiro atoms. The first-order chi connectivity index (χ1) is 6.95. The van der Waals surface area contributed by atoms with Crippen LogP contribution in [-0.4, -0.2) is 30.4 Å². The van der Waals surface area contributed by atoms with E-state index in [9.17, 15) is 8.42 Å². The SMILES string of the molecule is Cc1nc(CNS(=O)(=O)C(C)CO)cs1. The van der Waals surface area contributed by atoms with Crippen molar-refractivity contribution in [2.75, 3.05) is 6.61 Å². The molecule has 1 unspecified atom stereocenters. The lowest BCUT2D eigenvalue weighted by Gasteiger charge is -2.09. The van der Waals surface area contributed by atoms with E-state index < -0.39 is 15.3 Å². The molecule has 0 saturated carbocycles. The molecule has 1 aromatic rings. The molecule has 1 rings (SSSR count). The summed E-state index contributed by atoms with van der Waals surface area (Å²) in [5, 5.41) is 10.7. The zero-order valence-corrected chi connectivity index (χ0v) is 10.2. The molecular formula is C8H14N2O3S2. The minimum atomic E-state index is -3.43. The highest BCUT2D eigenvalue weighted by Gasteiger charge is 2.19. The van der Waals surface area contributed by atoms with Crippen LogP contribution in [-0.2, 0) is 16.6 Å². The van der Waals surface area contributed by atoms with E-state index in [1.54, 1.807) is 0 Å². The number of nitrogens with zero attached hydrogens (tertiary/aromatic N) is 1. The second kappa shape index (κ2) is 5.02. The van der Waals surface area contributed by atoms with Crippen molar-refractivity contribution < 1.29 is 13.5 Å². The summed E-state index contributed by atoms with van der Waals surface area (Å²) >= 11 is 1.47. The van der Waals surface area contributed by atoms with Crippen LogP contribution in [0.25, 0.3) is 0 Å². The molecule has 0 aliphatic carbocycles. The Morgan fingerprint density at radius 2 is 2.33 bits per heavy atom. The Morgan fingerprint density at radius 3 is 2.80 bits per heavy atom. The highest BCUT2D eigenvalue weighted by atomic mass is 32.2. The number of rotatable bonds is 5. The quantitative estimate of drug-likeness (QED) is 0.785. The van der Waals surface area contributed by atoms with E-state index in [4.69, 9.17) is 5.11 Å². The first-order valence-corrected chi connectivity index (χ1v) is 6.88. The Bertz CT molecular complexity index is 413. The van der Waals surface area contributed by atoms with Crippen LogP contribution >= 0.6 is 11.3 Å². The Morgan fingerprint density at radius 1 is 1.67 bits per heavy atom. The number of aryl methyl sites for hydroxylation is 1. The predicted molar refractivity (Wildman–Crippen MR) is 59.2 cm³/mol. The van der Waals surface area contributed by atoms with Gasteiger partial charge in [-0.25, -0.2) is 18.1 Å². The summed E-state index contributed by atoms with van der Waals surface area (Å²) in [6.07, 6.45) is 0. The molecule has 0 aliphatic rings. The van der Waals surface area contributed by atoms with Crippen molar-refractivity contribution in [2.24, 2.45) is 0 Å². The smallest absolute Gasteiger partial charge is 0.216 e. The second-order valence-corrected chi connectivity index (χ2v) is 6.46. The Labute approximate surface area is 93.2 Å². The normalized spacial score (nSPS) is 14.1. The minimum absolute atomic E-state index is 0.178. The molecule has 5 nitrogen and oxygen atoms in total. The summed E-state index contributed by atoms with van der Waals surface area (Å²) in [4.78, 5) is 4.13. The van der Waals surface area contributed by atoms with E-state index in [2.05, 4.69) is 9.71 Å². The second-order valence-electron chi connectivity index (χ2n) is 3.22. The molecule has 1 aromatic heterocycles. The molecule has 86 valence electrons. The lowest BCUT2D eigenvalue weighted by atomic mass is 10.5. The number of nitrogens with one attached hydrogen (secondary N) is 1. The molecule has 0 fully saturated rings. The number of aliphatic hydroxyl groups excluding tert-OH is 1. The van der Waals surface area contributed by atoms with Gasteiger partial charge in [0.25, 0.3) is 0 Å². The van der Waals surface area contributed by atoms with Crippen LogP contribution in [0.15, 0.2) is 5.38 Å². The topological polar surface area (TPSA) is 79.3 Å². The highest BCUT2D eigenvalue weighted by Crippen LogP contribution is 2.08. The van der Waals surface area contributed by atoms with Gasteiger partial charge in [-0.1, -0.05) is 0 Å². The summed E-state index contributed by atoms with van der Waals surface area (Å²) in [6, 6.07) is 0. The van der Waals surface area contributed by atoms with E-state index in [0.29, 0.717) is 5.69 Å².